The summed E-state index contributed by atoms with van der Waals surface area (Å²) >= 11 is 1.15. The lowest BCUT2D eigenvalue weighted by Crippen LogP contribution is -2.23. The number of nitrogens with zero attached hydrogens (tertiary/aromatic N) is 3. The van der Waals surface area contributed by atoms with Crippen molar-refractivity contribution in [2.75, 3.05) is 12.0 Å². The number of amides is 1. The predicted octanol–water partition coefficient (Wildman–Crippen LogP) is 4.46. The number of carbonyl (C=O) groups is 1. The molecule has 1 amide bonds. The average Bonchev–Trinajstić information content (AvgIpc) is 3.16. The molecule has 0 unspecified atom stereocenters. The topological polar surface area (TPSA) is 94.8 Å². The van der Waals surface area contributed by atoms with Gasteiger partial charge in [-0.05, 0) is 18.2 Å². The summed E-state index contributed by atoms with van der Waals surface area (Å²) in [5, 5.41) is 12.9. The van der Waals surface area contributed by atoms with E-state index in [1.165, 1.54) is 55.3 Å². The quantitative estimate of drug-likeness (QED) is 0.416. The minimum absolute atomic E-state index is 0.0168. The molecule has 0 saturated carbocycles. The molecule has 2 aromatic carbocycles. The number of nitro groups is 1. The lowest BCUT2D eigenvalue weighted by atomic mass is 10.3. The van der Waals surface area contributed by atoms with Crippen molar-refractivity contribution >= 4 is 33.8 Å². The maximum atomic E-state index is 14.1. The predicted molar refractivity (Wildman–Crippen MR) is 105 cm³/mol. The van der Waals surface area contributed by atoms with Gasteiger partial charge < -0.3 is 9.47 Å². The summed E-state index contributed by atoms with van der Waals surface area (Å²) in [5.74, 6) is -0.411. The molecule has 0 fully saturated rings. The fourth-order valence-electron chi connectivity index (χ4n) is 2.55. The highest BCUT2D eigenvalue weighted by Gasteiger charge is 2.21. The van der Waals surface area contributed by atoms with Crippen molar-refractivity contribution < 1.29 is 23.6 Å². The Morgan fingerprint density at radius 3 is 2.69 bits per heavy atom. The number of methoxy groups -OCH3 is 1. The molecule has 29 heavy (non-hydrogen) atoms. The molecule has 0 atom stereocenters. The fraction of sp³-hybridized carbons (Fsp3) is 0.158. The Hall–Kier alpha value is -3.53. The first-order valence-electron chi connectivity index (χ1n) is 8.35. The maximum absolute atomic E-state index is 14.1. The monoisotopic (exact) mass is 417 g/mol. The van der Waals surface area contributed by atoms with Gasteiger partial charge in [-0.15, -0.1) is 11.3 Å². The largest absolute Gasteiger partial charge is 0.493 e. The number of aromatic nitrogens is 1. The van der Waals surface area contributed by atoms with E-state index in [9.17, 15) is 19.3 Å². The van der Waals surface area contributed by atoms with Crippen LogP contribution in [0.1, 0.15) is 12.6 Å². The highest BCUT2D eigenvalue weighted by Crippen LogP contribution is 2.33. The van der Waals surface area contributed by atoms with Crippen LogP contribution in [0, 0.1) is 15.9 Å². The zero-order chi connectivity index (χ0) is 21.0. The zero-order valence-electron chi connectivity index (χ0n) is 15.5. The molecule has 150 valence electrons. The lowest BCUT2D eigenvalue weighted by molar-refractivity contribution is -0.385. The van der Waals surface area contributed by atoms with Gasteiger partial charge in [0.2, 0.25) is 5.91 Å². The molecule has 0 spiro atoms. The Morgan fingerprint density at radius 1 is 1.28 bits per heavy atom. The third-order valence-corrected chi connectivity index (χ3v) is 4.75. The smallest absolute Gasteiger partial charge is 0.273 e. The number of thiazole rings is 1. The Balaban J connectivity index is 1.82. The highest BCUT2D eigenvalue weighted by molar-refractivity contribution is 7.14. The zero-order valence-corrected chi connectivity index (χ0v) is 16.3. The number of halogens is 1. The van der Waals surface area contributed by atoms with Crippen LogP contribution in [0.25, 0.3) is 0 Å². The number of rotatable bonds is 7. The summed E-state index contributed by atoms with van der Waals surface area (Å²) in [7, 11) is 1.42. The number of anilines is 2. The number of non-ortho nitro benzene ring substituents is 1. The van der Waals surface area contributed by atoms with E-state index in [2.05, 4.69) is 4.98 Å². The van der Waals surface area contributed by atoms with Gasteiger partial charge in [0.15, 0.2) is 16.6 Å². The molecule has 0 bridgehead atoms. The second-order valence-electron chi connectivity index (χ2n) is 5.81. The SMILES string of the molecule is COc1ccc([N+](=O)[O-])cc1OCc1csc(N(C(C)=O)c2ccccc2F)n1. The summed E-state index contributed by atoms with van der Waals surface area (Å²) in [6, 6.07) is 9.92. The number of para-hydroxylation sites is 1. The number of ether oxygens (including phenoxy) is 2. The first-order valence-corrected chi connectivity index (χ1v) is 9.23. The molecule has 0 saturated heterocycles. The Bertz CT molecular complexity index is 1060. The summed E-state index contributed by atoms with van der Waals surface area (Å²) in [6.07, 6.45) is 0. The minimum Gasteiger partial charge on any atom is -0.493 e. The molecule has 0 aliphatic heterocycles. The second-order valence-corrected chi connectivity index (χ2v) is 6.64. The van der Waals surface area contributed by atoms with E-state index >= 15 is 0 Å². The molecule has 10 heteroatoms. The second kappa shape index (κ2) is 8.65. The number of hydrogen-bond donors (Lipinski definition) is 0. The van der Waals surface area contributed by atoms with Crippen LogP contribution >= 0.6 is 11.3 Å². The molecule has 0 aliphatic rings. The molecule has 8 nitrogen and oxygen atoms in total. The molecular weight excluding hydrogens is 401 g/mol. The van der Waals surface area contributed by atoms with Crippen molar-refractivity contribution in [2.45, 2.75) is 13.5 Å². The Kier molecular flexibility index (Phi) is 6.03. The Labute approximate surface area is 169 Å². The van der Waals surface area contributed by atoms with E-state index in [0.29, 0.717) is 11.4 Å². The minimum atomic E-state index is -0.544. The van der Waals surface area contributed by atoms with Crippen molar-refractivity contribution in [2.24, 2.45) is 0 Å². The van der Waals surface area contributed by atoms with E-state index in [0.717, 1.165) is 11.3 Å². The fourth-order valence-corrected chi connectivity index (χ4v) is 3.41. The number of benzene rings is 2. The van der Waals surface area contributed by atoms with Crippen LogP contribution < -0.4 is 14.4 Å². The van der Waals surface area contributed by atoms with Gasteiger partial charge in [0.05, 0.1) is 29.5 Å². The van der Waals surface area contributed by atoms with Gasteiger partial charge in [0.25, 0.3) is 5.69 Å². The van der Waals surface area contributed by atoms with Crippen molar-refractivity contribution in [3.63, 3.8) is 0 Å². The van der Waals surface area contributed by atoms with Crippen LogP contribution in [-0.2, 0) is 11.4 Å². The van der Waals surface area contributed by atoms with Gasteiger partial charge >= 0.3 is 0 Å². The summed E-state index contributed by atoms with van der Waals surface area (Å²) in [4.78, 5) is 28.0. The van der Waals surface area contributed by atoms with Crippen molar-refractivity contribution in [3.05, 3.63) is 69.5 Å². The average molecular weight is 417 g/mol. The van der Waals surface area contributed by atoms with Gasteiger partial charge in [-0.2, -0.15) is 0 Å². The van der Waals surface area contributed by atoms with Crippen LogP contribution in [0.5, 0.6) is 11.5 Å². The maximum Gasteiger partial charge on any atom is 0.273 e. The molecule has 0 aliphatic carbocycles. The number of carbonyl (C=O) groups excluding carboxylic acids is 1. The van der Waals surface area contributed by atoms with E-state index in [4.69, 9.17) is 9.47 Å². The van der Waals surface area contributed by atoms with E-state index in [1.54, 1.807) is 11.4 Å². The van der Waals surface area contributed by atoms with Crippen molar-refractivity contribution in [1.29, 1.82) is 0 Å². The van der Waals surface area contributed by atoms with Gasteiger partial charge in [-0.3, -0.25) is 19.8 Å². The third-order valence-electron chi connectivity index (χ3n) is 3.87. The van der Waals surface area contributed by atoms with E-state index < -0.39 is 16.6 Å². The third kappa shape index (κ3) is 4.49. The van der Waals surface area contributed by atoms with Crippen LogP contribution in [0.4, 0.5) is 20.9 Å². The van der Waals surface area contributed by atoms with E-state index in [-0.39, 0.29) is 28.9 Å². The molecule has 3 aromatic rings. The summed E-state index contributed by atoms with van der Waals surface area (Å²) < 4.78 is 24.9. The number of nitro benzene ring substituents is 1. The summed E-state index contributed by atoms with van der Waals surface area (Å²) in [5.41, 5.74) is 0.436. The van der Waals surface area contributed by atoms with Crippen LogP contribution in [0.15, 0.2) is 47.8 Å². The molecule has 3 rings (SSSR count). The Morgan fingerprint density at radius 2 is 2.03 bits per heavy atom. The first-order chi connectivity index (χ1) is 13.9. The van der Waals surface area contributed by atoms with Gasteiger partial charge in [0.1, 0.15) is 12.4 Å². The number of hydrogen-bond acceptors (Lipinski definition) is 7. The van der Waals surface area contributed by atoms with Crippen LogP contribution in [0.2, 0.25) is 0 Å². The van der Waals surface area contributed by atoms with Gasteiger partial charge in [-0.1, -0.05) is 12.1 Å². The molecule has 0 radical (unpaired) electrons. The van der Waals surface area contributed by atoms with Crippen LogP contribution in [0.3, 0.4) is 0 Å². The van der Waals surface area contributed by atoms with Gasteiger partial charge in [0, 0.05) is 18.4 Å². The molecular formula is C19H16FN3O5S. The van der Waals surface area contributed by atoms with E-state index in [1.807, 2.05) is 0 Å². The molecule has 1 aromatic heterocycles. The molecule has 0 N–H and O–H groups in total. The first kappa shape index (κ1) is 20.2. The van der Waals surface area contributed by atoms with Crippen molar-refractivity contribution in [3.8, 4) is 11.5 Å². The molecule has 1 heterocycles. The van der Waals surface area contributed by atoms with Crippen molar-refractivity contribution in [1.82, 2.24) is 4.98 Å². The van der Waals surface area contributed by atoms with Gasteiger partial charge in [-0.25, -0.2) is 9.37 Å². The normalized spacial score (nSPS) is 10.4. The van der Waals surface area contributed by atoms with Crippen LogP contribution in [-0.4, -0.2) is 22.9 Å². The summed E-state index contributed by atoms with van der Waals surface area (Å²) in [6.45, 7) is 1.30. The standard InChI is InChI=1S/C19H16FN3O5S/c1-12(24)22(16-6-4-3-5-15(16)20)19-21-13(11-29-19)10-28-18-9-14(23(25)26)7-8-17(18)27-2/h3-9,11H,10H2,1-2H3. The highest BCUT2D eigenvalue weighted by atomic mass is 32.1. The lowest BCUT2D eigenvalue weighted by Gasteiger charge is -2.18.